The molecule has 0 amide bonds. The van der Waals surface area contributed by atoms with Crippen LogP contribution in [0, 0.1) is 5.92 Å². The van der Waals surface area contributed by atoms with Crippen LogP contribution in [-0.2, 0) is 17.8 Å². The van der Waals surface area contributed by atoms with E-state index in [9.17, 15) is 4.79 Å². The lowest BCUT2D eigenvalue weighted by Crippen LogP contribution is -2.40. The molecule has 7 heteroatoms. The predicted molar refractivity (Wildman–Crippen MR) is 72.2 cm³/mol. The van der Waals surface area contributed by atoms with Crippen molar-refractivity contribution in [2.75, 3.05) is 26.2 Å². The number of aliphatic carboxylic acids is 1. The van der Waals surface area contributed by atoms with Crippen LogP contribution in [0.2, 0.25) is 0 Å². The van der Waals surface area contributed by atoms with Crippen molar-refractivity contribution < 1.29 is 14.4 Å². The van der Waals surface area contributed by atoms with E-state index in [1.165, 1.54) is 0 Å². The Morgan fingerprint density at radius 2 is 2.45 bits per heavy atom. The number of hydrogen-bond donors (Lipinski definition) is 2. The van der Waals surface area contributed by atoms with E-state index in [0.717, 1.165) is 44.7 Å². The molecule has 112 valence electrons. The molecule has 20 heavy (non-hydrogen) atoms. The minimum absolute atomic E-state index is 0.0290. The summed E-state index contributed by atoms with van der Waals surface area (Å²) in [4.78, 5) is 17.1. The first kappa shape index (κ1) is 14.9. The second-order valence-electron chi connectivity index (χ2n) is 5.23. The summed E-state index contributed by atoms with van der Waals surface area (Å²) in [6, 6.07) is 0. The second-order valence-corrected chi connectivity index (χ2v) is 5.23. The number of likely N-dealkylation sites (tertiary alicyclic amines) is 1. The van der Waals surface area contributed by atoms with Gasteiger partial charge in [0.15, 0.2) is 5.82 Å². The molecule has 0 spiro atoms. The number of carbonyl (C=O) groups is 1. The summed E-state index contributed by atoms with van der Waals surface area (Å²) in [5.41, 5.74) is 0. The topological polar surface area (TPSA) is 91.5 Å². The maximum atomic E-state index is 10.5. The highest BCUT2D eigenvalue weighted by atomic mass is 16.5. The number of nitrogens with one attached hydrogen (secondary N) is 1. The van der Waals surface area contributed by atoms with E-state index in [0.29, 0.717) is 18.4 Å². The number of nitrogens with zero attached hydrogens (tertiary/aromatic N) is 3. The fourth-order valence-corrected chi connectivity index (χ4v) is 2.54. The van der Waals surface area contributed by atoms with Gasteiger partial charge in [-0.25, -0.2) is 0 Å². The number of aryl methyl sites for hydroxylation is 1. The van der Waals surface area contributed by atoms with Gasteiger partial charge in [-0.1, -0.05) is 12.1 Å². The van der Waals surface area contributed by atoms with Gasteiger partial charge in [-0.15, -0.1) is 0 Å². The predicted octanol–water partition coefficient (Wildman–Crippen LogP) is 0.518. The van der Waals surface area contributed by atoms with E-state index in [2.05, 4.69) is 20.4 Å². The molecule has 1 aliphatic heterocycles. The smallest absolute Gasteiger partial charge is 0.317 e. The first-order valence-electron chi connectivity index (χ1n) is 7.13. The maximum absolute atomic E-state index is 10.5. The molecule has 2 N–H and O–H groups in total. The Kier molecular flexibility index (Phi) is 5.49. The summed E-state index contributed by atoms with van der Waals surface area (Å²) < 4.78 is 5.11. The van der Waals surface area contributed by atoms with E-state index in [1.807, 2.05) is 6.92 Å². The first-order valence-corrected chi connectivity index (χ1v) is 7.13. The Hall–Kier alpha value is -1.47. The van der Waals surface area contributed by atoms with E-state index in [1.54, 1.807) is 0 Å². The molecule has 0 saturated carbocycles. The molecule has 7 nitrogen and oxygen atoms in total. The summed E-state index contributed by atoms with van der Waals surface area (Å²) in [6.07, 6.45) is 3.02. The number of piperidine rings is 1. The van der Waals surface area contributed by atoms with Crippen LogP contribution in [0.25, 0.3) is 0 Å². The molecule has 1 fully saturated rings. The summed E-state index contributed by atoms with van der Waals surface area (Å²) in [5.74, 6) is 1.09. The van der Waals surface area contributed by atoms with Gasteiger partial charge in [-0.2, -0.15) is 4.98 Å². The Morgan fingerprint density at radius 1 is 1.60 bits per heavy atom. The monoisotopic (exact) mass is 282 g/mol. The van der Waals surface area contributed by atoms with Crippen LogP contribution < -0.4 is 5.32 Å². The van der Waals surface area contributed by atoms with E-state index < -0.39 is 5.97 Å². The summed E-state index contributed by atoms with van der Waals surface area (Å²) in [6.45, 7) is 5.45. The van der Waals surface area contributed by atoms with Crippen LogP contribution in [0.4, 0.5) is 0 Å². The quantitative estimate of drug-likeness (QED) is 0.753. The average Bonchev–Trinajstić information content (AvgIpc) is 2.86. The van der Waals surface area contributed by atoms with Gasteiger partial charge in [-0.3, -0.25) is 9.69 Å². The van der Waals surface area contributed by atoms with Crippen LogP contribution >= 0.6 is 0 Å². The van der Waals surface area contributed by atoms with Crippen molar-refractivity contribution in [3.05, 3.63) is 11.7 Å². The van der Waals surface area contributed by atoms with Crippen LogP contribution in [0.3, 0.4) is 0 Å². The van der Waals surface area contributed by atoms with Gasteiger partial charge < -0.3 is 14.9 Å². The Bertz CT molecular complexity index is 435. The lowest BCUT2D eigenvalue weighted by atomic mass is 9.98. The standard InChI is InChI=1S/C13H22N4O3/c1-2-12-15-11(16-20-12)9-17-5-3-4-10(8-17)6-14-7-13(18)19/h10,14H,2-9H2,1H3,(H,18,19). The van der Waals surface area contributed by atoms with Crippen molar-refractivity contribution in [3.8, 4) is 0 Å². The van der Waals surface area contributed by atoms with Crippen molar-refractivity contribution in [2.45, 2.75) is 32.7 Å². The number of aromatic nitrogens is 2. The van der Waals surface area contributed by atoms with Gasteiger partial charge in [-0.05, 0) is 31.8 Å². The third-order valence-corrected chi connectivity index (χ3v) is 3.49. The van der Waals surface area contributed by atoms with E-state index >= 15 is 0 Å². The highest BCUT2D eigenvalue weighted by Crippen LogP contribution is 2.17. The molecule has 1 aromatic heterocycles. The summed E-state index contributed by atoms with van der Waals surface area (Å²) in [5, 5.41) is 15.6. The van der Waals surface area contributed by atoms with Gasteiger partial charge in [0, 0.05) is 13.0 Å². The number of hydrogen-bond acceptors (Lipinski definition) is 6. The third kappa shape index (κ3) is 4.57. The number of rotatable bonds is 7. The zero-order chi connectivity index (χ0) is 14.4. The summed E-state index contributed by atoms with van der Waals surface area (Å²) in [7, 11) is 0. The molecule has 1 aromatic rings. The minimum Gasteiger partial charge on any atom is -0.480 e. The molecular weight excluding hydrogens is 260 g/mol. The third-order valence-electron chi connectivity index (χ3n) is 3.49. The molecule has 1 aliphatic rings. The average molecular weight is 282 g/mol. The lowest BCUT2D eigenvalue weighted by Gasteiger charge is -2.31. The van der Waals surface area contributed by atoms with Crippen LogP contribution in [-0.4, -0.2) is 52.3 Å². The second kappa shape index (κ2) is 7.35. The summed E-state index contributed by atoms with van der Waals surface area (Å²) >= 11 is 0. The Balaban J connectivity index is 1.76. The van der Waals surface area contributed by atoms with Crippen LogP contribution in [0.1, 0.15) is 31.5 Å². The van der Waals surface area contributed by atoms with E-state index in [4.69, 9.17) is 9.63 Å². The molecule has 0 aliphatic carbocycles. The van der Waals surface area contributed by atoms with Gasteiger partial charge in [0.05, 0.1) is 13.1 Å². The highest BCUT2D eigenvalue weighted by Gasteiger charge is 2.21. The normalized spacial score (nSPS) is 20.1. The molecule has 0 aromatic carbocycles. The van der Waals surface area contributed by atoms with Gasteiger partial charge in [0.25, 0.3) is 0 Å². The molecule has 1 atom stereocenters. The fourth-order valence-electron chi connectivity index (χ4n) is 2.54. The first-order chi connectivity index (χ1) is 9.67. The number of carboxylic acid groups (broad SMARTS) is 1. The van der Waals surface area contributed by atoms with Crippen molar-refractivity contribution in [3.63, 3.8) is 0 Å². The van der Waals surface area contributed by atoms with Crippen molar-refractivity contribution in [2.24, 2.45) is 5.92 Å². The number of carboxylic acids is 1. The van der Waals surface area contributed by atoms with Gasteiger partial charge in [0.1, 0.15) is 0 Å². The molecule has 2 rings (SSSR count). The molecule has 1 saturated heterocycles. The van der Waals surface area contributed by atoms with Crippen LogP contribution in [0.5, 0.6) is 0 Å². The largest absolute Gasteiger partial charge is 0.480 e. The highest BCUT2D eigenvalue weighted by molar-refractivity contribution is 5.68. The molecule has 2 heterocycles. The van der Waals surface area contributed by atoms with Crippen molar-refractivity contribution in [1.29, 1.82) is 0 Å². The molecule has 0 radical (unpaired) electrons. The van der Waals surface area contributed by atoms with Gasteiger partial charge >= 0.3 is 5.97 Å². The fraction of sp³-hybridized carbons (Fsp3) is 0.769. The molecular formula is C13H22N4O3. The minimum atomic E-state index is -0.809. The Labute approximate surface area is 118 Å². The van der Waals surface area contributed by atoms with Crippen LogP contribution in [0.15, 0.2) is 4.52 Å². The van der Waals surface area contributed by atoms with E-state index in [-0.39, 0.29) is 6.54 Å². The van der Waals surface area contributed by atoms with Crippen molar-refractivity contribution in [1.82, 2.24) is 20.4 Å². The zero-order valence-electron chi connectivity index (χ0n) is 11.8. The zero-order valence-corrected chi connectivity index (χ0v) is 11.8. The Morgan fingerprint density at radius 3 is 3.15 bits per heavy atom. The molecule has 0 bridgehead atoms. The molecule has 1 unspecified atom stereocenters. The van der Waals surface area contributed by atoms with Crippen molar-refractivity contribution >= 4 is 5.97 Å². The lowest BCUT2D eigenvalue weighted by molar-refractivity contribution is -0.136. The SMILES string of the molecule is CCc1nc(CN2CCCC(CNCC(=O)O)C2)no1. The van der Waals surface area contributed by atoms with Gasteiger partial charge in [0.2, 0.25) is 5.89 Å². The maximum Gasteiger partial charge on any atom is 0.317 e.